The molecule has 1 aliphatic rings. The second-order valence-corrected chi connectivity index (χ2v) is 7.21. The number of amides is 3. The van der Waals surface area contributed by atoms with E-state index < -0.39 is 0 Å². The average molecular weight is 409 g/mol. The van der Waals surface area contributed by atoms with Crippen LogP contribution in [0.5, 0.6) is 5.75 Å². The van der Waals surface area contributed by atoms with Crippen LogP contribution in [0.4, 0.5) is 10.5 Å². The second kappa shape index (κ2) is 10.4. The monoisotopic (exact) mass is 409 g/mol. The highest BCUT2D eigenvalue weighted by Crippen LogP contribution is 2.15. The van der Waals surface area contributed by atoms with E-state index in [1.54, 1.807) is 29.2 Å². The van der Waals surface area contributed by atoms with Crippen molar-refractivity contribution in [3.63, 3.8) is 0 Å². The van der Waals surface area contributed by atoms with E-state index in [2.05, 4.69) is 10.6 Å². The van der Waals surface area contributed by atoms with Gasteiger partial charge in [-0.1, -0.05) is 25.1 Å². The maximum absolute atomic E-state index is 12.4. The molecule has 0 saturated carbocycles. The van der Waals surface area contributed by atoms with E-state index >= 15 is 0 Å². The van der Waals surface area contributed by atoms with Gasteiger partial charge in [-0.25, -0.2) is 4.79 Å². The summed E-state index contributed by atoms with van der Waals surface area (Å²) in [6.07, 6.45) is 1.85. The number of hydrogen-bond acceptors (Lipinski definition) is 4. The van der Waals surface area contributed by atoms with Crippen molar-refractivity contribution in [2.45, 2.75) is 32.2 Å². The number of ketones is 1. The number of benzene rings is 2. The van der Waals surface area contributed by atoms with Crippen LogP contribution in [0.3, 0.4) is 0 Å². The molecule has 0 atom stereocenters. The first kappa shape index (κ1) is 21.4. The van der Waals surface area contributed by atoms with E-state index in [0.29, 0.717) is 43.7 Å². The number of Topliss-reactive ketones (excluding diaryl/α,β-unsaturated/α-hetero) is 1. The summed E-state index contributed by atoms with van der Waals surface area (Å²) in [6.45, 7) is 2.91. The van der Waals surface area contributed by atoms with E-state index in [9.17, 15) is 14.4 Å². The highest BCUT2D eigenvalue weighted by Gasteiger charge is 2.24. The molecule has 0 radical (unpaired) electrons. The number of para-hydroxylation sites is 1. The molecule has 7 heteroatoms. The predicted molar refractivity (Wildman–Crippen MR) is 115 cm³/mol. The number of nitrogens with zero attached hydrogens (tertiary/aromatic N) is 1. The van der Waals surface area contributed by atoms with Gasteiger partial charge in [0.25, 0.3) is 5.91 Å². The van der Waals surface area contributed by atoms with Gasteiger partial charge in [0.15, 0.2) is 12.4 Å². The summed E-state index contributed by atoms with van der Waals surface area (Å²) in [5.41, 5.74) is 1.38. The van der Waals surface area contributed by atoms with Crippen LogP contribution >= 0.6 is 0 Å². The van der Waals surface area contributed by atoms with Crippen molar-refractivity contribution in [1.29, 1.82) is 0 Å². The molecule has 0 spiro atoms. The van der Waals surface area contributed by atoms with Crippen LogP contribution in [0.2, 0.25) is 0 Å². The Labute approximate surface area is 176 Å². The minimum Gasteiger partial charge on any atom is -0.484 e. The molecule has 0 bridgehead atoms. The predicted octanol–water partition coefficient (Wildman–Crippen LogP) is 3.47. The summed E-state index contributed by atoms with van der Waals surface area (Å²) < 4.78 is 5.56. The third-order valence-corrected chi connectivity index (χ3v) is 5.07. The fourth-order valence-electron chi connectivity index (χ4n) is 3.32. The Morgan fingerprint density at radius 2 is 1.67 bits per heavy atom. The van der Waals surface area contributed by atoms with Gasteiger partial charge in [0.2, 0.25) is 0 Å². The van der Waals surface area contributed by atoms with Crippen LogP contribution in [-0.2, 0) is 4.79 Å². The van der Waals surface area contributed by atoms with Crippen LogP contribution in [-0.4, -0.2) is 48.4 Å². The minimum absolute atomic E-state index is 0.0299. The topological polar surface area (TPSA) is 87.7 Å². The van der Waals surface area contributed by atoms with Gasteiger partial charge in [0, 0.05) is 36.8 Å². The molecule has 0 unspecified atom stereocenters. The molecule has 2 aromatic carbocycles. The van der Waals surface area contributed by atoms with Crippen LogP contribution < -0.4 is 15.4 Å². The van der Waals surface area contributed by atoms with Crippen molar-refractivity contribution < 1.29 is 19.1 Å². The first-order valence-electron chi connectivity index (χ1n) is 10.2. The van der Waals surface area contributed by atoms with E-state index in [1.807, 2.05) is 37.3 Å². The third-order valence-electron chi connectivity index (χ3n) is 5.07. The first-order valence-corrected chi connectivity index (χ1v) is 10.2. The molecular weight excluding hydrogens is 382 g/mol. The van der Waals surface area contributed by atoms with Gasteiger partial charge in [-0.15, -0.1) is 0 Å². The summed E-state index contributed by atoms with van der Waals surface area (Å²) >= 11 is 0. The number of rotatable bonds is 7. The number of hydrogen-bond donors (Lipinski definition) is 2. The third kappa shape index (κ3) is 6.07. The average Bonchev–Trinajstić information content (AvgIpc) is 2.78. The number of urea groups is 1. The normalized spacial score (nSPS) is 14.1. The molecule has 3 amide bonds. The highest BCUT2D eigenvalue weighted by molar-refractivity contribution is 5.95. The molecule has 30 heavy (non-hydrogen) atoms. The molecule has 2 aromatic rings. The Morgan fingerprint density at radius 1 is 1.00 bits per heavy atom. The summed E-state index contributed by atoms with van der Waals surface area (Å²) in [5, 5.41) is 5.76. The van der Waals surface area contributed by atoms with Crippen molar-refractivity contribution in [2.75, 3.05) is 25.0 Å². The standard InChI is InChI=1S/C23H27N3O4/c1-2-21(27)17-8-10-20(11-9-17)30-16-22(28)26-14-12-19(13-15-26)25-23(29)24-18-6-4-3-5-7-18/h3-11,19H,2,12-16H2,1H3,(H2,24,25,29). The van der Waals surface area contributed by atoms with Crippen molar-refractivity contribution in [3.05, 3.63) is 60.2 Å². The van der Waals surface area contributed by atoms with Gasteiger partial charge in [-0.05, 0) is 49.2 Å². The molecular formula is C23H27N3O4. The minimum atomic E-state index is -0.237. The first-order chi connectivity index (χ1) is 14.5. The lowest BCUT2D eigenvalue weighted by molar-refractivity contribution is -0.134. The van der Waals surface area contributed by atoms with Crippen LogP contribution in [0, 0.1) is 0 Å². The maximum atomic E-state index is 12.4. The summed E-state index contributed by atoms with van der Waals surface area (Å²) in [7, 11) is 0. The molecule has 1 heterocycles. The zero-order valence-electron chi connectivity index (χ0n) is 17.1. The van der Waals surface area contributed by atoms with Crippen molar-refractivity contribution in [1.82, 2.24) is 10.2 Å². The largest absolute Gasteiger partial charge is 0.484 e. The number of anilines is 1. The van der Waals surface area contributed by atoms with E-state index in [-0.39, 0.29) is 30.4 Å². The van der Waals surface area contributed by atoms with E-state index in [0.717, 1.165) is 5.69 Å². The van der Waals surface area contributed by atoms with E-state index in [4.69, 9.17) is 4.74 Å². The van der Waals surface area contributed by atoms with E-state index in [1.165, 1.54) is 0 Å². The Kier molecular flexibility index (Phi) is 7.43. The molecule has 1 aliphatic heterocycles. The van der Waals surface area contributed by atoms with Crippen LogP contribution in [0.1, 0.15) is 36.5 Å². The Bertz CT molecular complexity index is 860. The Hall–Kier alpha value is -3.35. The van der Waals surface area contributed by atoms with Crippen LogP contribution in [0.25, 0.3) is 0 Å². The van der Waals surface area contributed by atoms with Gasteiger partial charge < -0.3 is 20.3 Å². The molecule has 3 rings (SSSR count). The van der Waals surface area contributed by atoms with Crippen molar-refractivity contribution in [3.8, 4) is 5.75 Å². The smallest absolute Gasteiger partial charge is 0.319 e. The fraction of sp³-hybridized carbons (Fsp3) is 0.348. The van der Waals surface area contributed by atoms with Crippen molar-refractivity contribution >= 4 is 23.4 Å². The molecule has 0 aliphatic carbocycles. The molecule has 1 fully saturated rings. The molecule has 7 nitrogen and oxygen atoms in total. The van der Waals surface area contributed by atoms with Crippen LogP contribution in [0.15, 0.2) is 54.6 Å². The number of carbonyl (C=O) groups is 3. The summed E-state index contributed by atoms with van der Waals surface area (Å²) in [6, 6.07) is 15.9. The molecule has 2 N–H and O–H groups in total. The lowest BCUT2D eigenvalue weighted by Gasteiger charge is -2.32. The lowest BCUT2D eigenvalue weighted by Crippen LogP contribution is -2.48. The maximum Gasteiger partial charge on any atom is 0.319 e. The quantitative estimate of drug-likeness (QED) is 0.686. The fourth-order valence-corrected chi connectivity index (χ4v) is 3.32. The van der Waals surface area contributed by atoms with Gasteiger partial charge in [-0.2, -0.15) is 0 Å². The summed E-state index contributed by atoms with van der Waals surface area (Å²) in [4.78, 5) is 37.9. The van der Waals surface area contributed by atoms with Gasteiger partial charge in [0.05, 0.1) is 0 Å². The van der Waals surface area contributed by atoms with Gasteiger partial charge >= 0.3 is 6.03 Å². The highest BCUT2D eigenvalue weighted by atomic mass is 16.5. The number of ether oxygens (including phenoxy) is 1. The summed E-state index contributed by atoms with van der Waals surface area (Å²) in [5.74, 6) is 0.549. The van der Waals surface area contributed by atoms with Gasteiger partial charge in [0.1, 0.15) is 5.75 Å². The molecule has 1 saturated heterocycles. The number of likely N-dealkylation sites (tertiary alicyclic amines) is 1. The zero-order valence-corrected chi connectivity index (χ0v) is 17.1. The Morgan fingerprint density at radius 3 is 2.30 bits per heavy atom. The number of piperidine rings is 1. The zero-order chi connectivity index (χ0) is 21.3. The van der Waals surface area contributed by atoms with Gasteiger partial charge in [-0.3, -0.25) is 9.59 Å². The Balaban J connectivity index is 1.38. The molecule has 0 aromatic heterocycles. The molecule has 158 valence electrons. The number of carbonyl (C=O) groups excluding carboxylic acids is 3. The van der Waals surface area contributed by atoms with Crippen molar-refractivity contribution in [2.24, 2.45) is 0 Å². The SMILES string of the molecule is CCC(=O)c1ccc(OCC(=O)N2CCC(NC(=O)Nc3ccccc3)CC2)cc1. The second-order valence-electron chi connectivity index (χ2n) is 7.21. The lowest BCUT2D eigenvalue weighted by atomic mass is 10.1. The number of nitrogens with one attached hydrogen (secondary N) is 2.